The van der Waals surface area contributed by atoms with Gasteiger partial charge in [0.25, 0.3) is 0 Å². The Hall–Kier alpha value is -0.340. The molecule has 0 bridgehead atoms. The minimum Gasteiger partial charge on any atom is -0.311 e. The predicted octanol–water partition coefficient (Wildman–Crippen LogP) is 1.39. The third-order valence-electron chi connectivity index (χ3n) is 3.23. The second kappa shape index (κ2) is 3.81. The summed E-state index contributed by atoms with van der Waals surface area (Å²) in [7, 11) is 0. The second-order valence-electron chi connectivity index (χ2n) is 4.43. The van der Waals surface area contributed by atoms with E-state index in [-0.39, 0.29) is 0 Å². The largest absolute Gasteiger partial charge is 0.311 e. The van der Waals surface area contributed by atoms with Crippen LogP contribution in [0, 0.1) is 0 Å². The maximum atomic E-state index is 3.52. The Morgan fingerprint density at radius 1 is 1.38 bits per heavy atom. The first-order chi connectivity index (χ1) is 6.27. The number of hydrogen-bond acceptors (Lipinski definition) is 2. The fourth-order valence-corrected chi connectivity index (χ4v) is 2.40. The van der Waals surface area contributed by atoms with E-state index in [1.54, 1.807) is 0 Å². The molecule has 2 nitrogen and oxygen atoms in total. The van der Waals surface area contributed by atoms with Crippen molar-refractivity contribution in [3.05, 3.63) is 12.2 Å². The first kappa shape index (κ1) is 9.22. The number of allylic oxidation sites excluding steroid dienone is 1. The summed E-state index contributed by atoms with van der Waals surface area (Å²) in [6.07, 6.45) is 7.31. The summed E-state index contributed by atoms with van der Waals surface area (Å²) in [5, 5.41) is 3.52. The molecule has 2 rings (SSSR count). The van der Waals surface area contributed by atoms with Crippen LogP contribution < -0.4 is 5.32 Å². The molecule has 0 amide bonds. The third-order valence-corrected chi connectivity index (χ3v) is 3.23. The molecule has 74 valence electrons. The van der Waals surface area contributed by atoms with Gasteiger partial charge in [0.05, 0.1) is 0 Å². The zero-order chi connectivity index (χ0) is 9.26. The van der Waals surface area contributed by atoms with E-state index >= 15 is 0 Å². The normalized spacial score (nSPS) is 41.2. The fraction of sp³-hybridized carbons (Fsp3) is 0.818. The molecule has 0 aromatic heterocycles. The first-order valence-corrected chi connectivity index (χ1v) is 5.43. The van der Waals surface area contributed by atoms with Crippen molar-refractivity contribution < 1.29 is 0 Å². The zero-order valence-corrected chi connectivity index (χ0v) is 8.66. The maximum Gasteiger partial charge on any atom is 0.0285 e. The summed E-state index contributed by atoms with van der Waals surface area (Å²) >= 11 is 0. The SMILES string of the molecule is CC1CN(C2C=CCC2)C(C)CN1. The second-order valence-corrected chi connectivity index (χ2v) is 4.43. The Bertz CT molecular complexity index is 200. The minimum absolute atomic E-state index is 0.658. The number of nitrogens with zero attached hydrogens (tertiary/aromatic N) is 1. The molecule has 1 heterocycles. The fourth-order valence-electron chi connectivity index (χ4n) is 2.40. The highest BCUT2D eigenvalue weighted by molar-refractivity contribution is 5.04. The Kier molecular flexibility index (Phi) is 2.70. The lowest BCUT2D eigenvalue weighted by atomic mass is 10.1. The molecule has 13 heavy (non-hydrogen) atoms. The molecule has 0 saturated carbocycles. The van der Waals surface area contributed by atoms with Crippen LogP contribution in [-0.4, -0.2) is 36.1 Å². The van der Waals surface area contributed by atoms with E-state index < -0.39 is 0 Å². The number of nitrogens with one attached hydrogen (secondary N) is 1. The highest BCUT2D eigenvalue weighted by atomic mass is 15.2. The lowest BCUT2D eigenvalue weighted by Crippen LogP contribution is -2.56. The van der Waals surface area contributed by atoms with Crippen LogP contribution in [0.4, 0.5) is 0 Å². The predicted molar refractivity (Wildman–Crippen MR) is 55.8 cm³/mol. The summed E-state index contributed by atoms with van der Waals surface area (Å²) in [5.41, 5.74) is 0. The lowest BCUT2D eigenvalue weighted by molar-refractivity contribution is 0.116. The van der Waals surface area contributed by atoms with Gasteiger partial charge in [0, 0.05) is 31.2 Å². The van der Waals surface area contributed by atoms with Crippen molar-refractivity contribution in [3.63, 3.8) is 0 Å². The molecule has 1 fully saturated rings. The number of hydrogen-bond donors (Lipinski definition) is 1. The highest BCUT2D eigenvalue weighted by Crippen LogP contribution is 2.20. The average molecular weight is 180 g/mol. The van der Waals surface area contributed by atoms with Gasteiger partial charge in [0.2, 0.25) is 0 Å². The van der Waals surface area contributed by atoms with E-state index in [9.17, 15) is 0 Å². The van der Waals surface area contributed by atoms with Gasteiger partial charge >= 0.3 is 0 Å². The zero-order valence-electron chi connectivity index (χ0n) is 8.66. The summed E-state index contributed by atoms with van der Waals surface area (Å²) in [4.78, 5) is 2.64. The number of rotatable bonds is 1. The lowest BCUT2D eigenvalue weighted by Gasteiger charge is -2.40. The first-order valence-electron chi connectivity index (χ1n) is 5.43. The molecular formula is C11H20N2. The van der Waals surface area contributed by atoms with Crippen LogP contribution in [0.25, 0.3) is 0 Å². The monoisotopic (exact) mass is 180 g/mol. The van der Waals surface area contributed by atoms with E-state index in [0.717, 1.165) is 12.6 Å². The van der Waals surface area contributed by atoms with Crippen molar-refractivity contribution in [2.75, 3.05) is 13.1 Å². The third kappa shape index (κ3) is 1.94. The van der Waals surface area contributed by atoms with Crippen molar-refractivity contribution in [1.82, 2.24) is 10.2 Å². The Morgan fingerprint density at radius 2 is 2.23 bits per heavy atom. The molecule has 1 saturated heterocycles. The van der Waals surface area contributed by atoms with Gasteiger partial charge in [-0.15, -0.1) is 0 Å². The molecule has 2 heteroatoms. The standard InChI is InChI=1S/C11H20N2/c1-9-8-13(10(2)7-12-9)11-5-3-4-6-11/h3,5,9-12H,4,6-8H2,1-2H3. The van der Waals surface area contributed by atoms with Crippen LogP contribution in [0.15, 0.2) is 12.2 Å². The van der Waals surface area contributed by atoms with Gasteiger partial charge in [-0.25, -0.2) is 0 Å². The molecule has 2 aliphatic rings. The number of piperazine rings is 1. The smallest absolute Gasteiger partial charge is 0.0285 e. The Morgan fingerprint density at radius 3 is 2.92 bits per heavy atom. The molecule has 1 N–H and O–H groups in total. The summed E-state index contributed by atoms with van der Waals surface area (Å²) < 4.78 is 0. The van der Waals surface area contributed by atoms with Crippen molar-refractivity contribution in [2.45, 2.75) is 44.8 Å². The van der Waals surface area contributed by atoms with Gasteiger partial charge in [-0.3, -0.25) is 4.90 Å². The van der Waals surface area contributed by atoms with Crippen LogP contribution >= 0.6 is 0 Å². The molecule has 3 atom stereocenters. The van der Waals surface area contributed by atoms with E-state index in [4.69, 9.17) is 0 Å². The van der Waals surface area contributed by atoms with Crippen molar-refractivity contribution in [1.29, 1.82) is 0 Å². The van der Waals surface area contributed by atoms with Crippen LogP contribution in [0.3, 0.4) is 0 Å². The van der Waals surface area contributed by atoms with Crippen LogP contribution in [0.2, 0.25) is 0 Å². The van der Waals surface area contributed by atoms with Crippen molar-refractivity contribution in [2.24, 2.45) is 0 Å². The van der Waals surface area contributed by atoms with Gasteiger partial charge < -0.3 is 5.32 Å². The molecule has 1 aliphatic heterocycles. The van der Waals surface area contributed by atoms with E-state index in [0.29, 0.717) is 12.1 Å². The van der Waals surface area contributed by atoms with E-state index in [2.05, 4.69) is 36.2 Å². The van der Waals surface area contributed by atoms with Gasteiger partial charge in [-0.2, -0.15) is 0 Å². The maximum absolute atomic E-state index is 3.52. The minimum atomic E-state index is 0.658. The molecule has 0 radical (unpaired) electrons. The van der Waals surface area contributed by atoms with Gasteiger partial charge in [-0.1, -0.05) is 12.2 Å². The average Bonchev–Trinajstić information content (AvgIpc) is 2.61. The van der Waals surface area contributed by atoms with Crippen molar-refractivity contribution in [3.8, 4) is 0 Å². The van der Waals surface area contributed by atoms with E-state index in [1.165, 1.54) is 19.4 Å². The summed E-state index contributed by atoms with van der Waals surface area (Å²) in [6, 6.07) is 2.08. The van der Waals surface area contributed by atoms with Gasteiger partial charge in [-0.05, 0) is 26.7 Å². The highest BCUT2D eigenvalue weighted by Gasteiger charge is 2.28. The molecular weight excluding hydrogens is 160 g/mol. The van der Waals surface area contributed by atoms with Crippen LogP contribution in [0.1, 0.15) is 26.7 Å². The van der Waals surface area contributed by atoms with E-state index in [1.807, 2.05) is 0 Å². The van der Waals surface area contributed by atoms with Crippen LogP contribution in [0.5, 0.6) is 0 Å². The molecule has 0 spiro atoms. The van der Waals surface area contributed by atoms with Gasteiger partial charge in [0.15, 0.2) is 0 Å². The molecule has 0 aromatic carbocycles. The quantitative estimate of drug-likeness (QED) is 0.613. The Balaban J connectivity index is 1.98. The van der Waals surface area contributed by atoms with Gasteiger partial charge in [0.1, 0.15) is 0 Å². The van der Waals surface area contributed by atoms with Crippen molar-refractivity contribution >= 4 is 0 Å². The summed E-state index contributed by atoms with van der Waals surface area (Å²) in [5.74, 6) is 0. The van der Waals surface area contributed by atoms with Crippen LogP contribution in [-0.2, 0) is 0 Å². The Labute approximate surface area is 81.0 Å². The topological polar surface area (TPSA) is 15.3 Å². The molecule has 0 aromatic rings. The molecule has 1 aliphatic carbocycles. The molecule has 3 unspecified atom stereocenters. The summed E-state index contributed by atoms with van der Waals surface area (Å²) in [6.45, 7) is 6.95.